The Hall–Kier alpha value is 0.210. The van der Waals surface area contributed by atoms with E-state index in [2.05, 4.69) is 5.32 Å². The van der Waals surface area contributed by atoms with E-state index >= 15 is 0 Å². The Labute approximate surface area is 74.1 Å². The number of rotatable bonds is 1. The van der Waals surface area contributed by atoms with E-state index in [1.165, 1.54) is 25.7 Å². The van der Waals surface area contributed by atoms with Crippen LogP contribution in [-0.4, -0.2) is 25.3 Å². The van der Waals surface area contributed by atoms with Gasteiger partial charge < -0.3 is 10.1 Å². The number of ether oxygens (including phenoxy) is 1. The molecule has 1 aliphatic carbocycles. The minimum absolute atomic E-state index is 0. The first-order valence-electron chi connectivity index (χ1n) is 4.16. The number of likely N-dealkylation sites (N-methyl/N-ethyl adjacent to an activating group) is 1. The first kappa shape index (κ1) is 9.30. The molecular formula is C8H16ClNO. The van der Waals surface area contributed by atoms with Crippen LogP contribution in [0.25, 0.3) is 0 Å². The zero-order valence-corrected chi connectivity index (χ0v) is 7.75. The average Bonchev–Trinajstić information content (AvgIpc) is 2.29. The van der Waals surface area contributed by atoms with Crippen molar-refractivity contribution in [1.82, 2.24) is 5.32 Å². The maximum absolute atomic E-state index is 5.72. The van der Waals surface area contributed by atoms with E-state index in [1.807, 2.05) is 7.05 Å². The molecule has 1 spiro atoms. The molecule has 2 nitrogen and oxygen atoms in total. The van der Waals surface area contributed by atoms with Gasteiger partial charge in [0.15, 0.2) is 0 Å². The molecule has 0 aromatic rings. The van der Waals surface area contributed by atoms with Crippen molar-refractivity contribution in [3.05, 3.63) is 0 Å². The standard InChI is InChI=1S/C8H15NO.ClH/c1-9-7-5-8(10-6-7)3-2-4-8;/h7,9H,2-6H2,1H3;1H. The van der Waals surface area contributed by atoms with E-state index in [1.54, 1.807) is 0 Å². The molecule has 1 unspecified atom stereocenters. The van der Waals surface area contributed by atoms with Crippen LogP contribution in [-0.2, 0) is 4.74 Å². The van der Waals surface area contributed by atoms with Crippen LogP contribution < -0.4 is 5.32 Å². The zero-order chi connectivity index (χ0) is 7.03. The van der Waals surface area contributed by atoms with E-state index in [4.69, 9.17) is 4.74 Å². The molecule has 0 amide bonds. The third-order valence-electron chi connectivity index (χ3n) is 2.88. The molecule has 0 aromatic heterocycles. The molecule has 1 aliphatic heterocycles. The lowest BCUT2D eigenvalue weighted by molar-refractivity contribution is -0.0563. The van der Waals surface area contributed by atoms with E-state index in [0.29, 0.717) is 11.6 Å². The fourth-order valence-corrected chi connectivity index (χ4v) is 1.95. The molecule has 1 atom stereocenters. The maximum atomic E-state index is 5.72. The smallest absolute Gasteiger partial charge is 0.0699 e. The van der Waals surface area contributed by atoms with Crippen LogP contribution in [0.1, 0.15) is 25.7 Å². The quantitative estimate of drug-likeness (QED) is 0.653. The van der Waals surface area contributed by atoms with E-state index in [0.717, 1.165) is 6.61 Å². The summed E-state index contributed by atoms with van der Waals surface area (Å²) in [5, 5.41) is 3.26. The number of hydrogen-bond donors (Lipinski definition) is 1. The van der Waals surface area contributed by atoms with Crippen molar-refractivity contribution >= 4 is 12.4 Å². The molecule has 0 bridgehead atoms. The summed E-state index contributed by atoms with van der Waals surface area (Å²) in [5.41, 5.74) is 0.327. The minimum Gasteiger partial charge on any atom is -0.373 e. The van der Waals surface area contributed by atoms with Gasteiger partial charge >= 0.3 is 0 Å². The SMILES string of the molecule is CNC1COC2(CCC2)C1.Cl. The highest BCUT2D eigenvalue weighted by molar-refractivity contribution is 5.85. The van der Waals surface area contributed by atoms with Crippen molar-refractivity contribution in [2.75, 3.05) is 13.7 Å². The largest absolute Gasteiger partial charge is 0.373 e. The van der Waals surface area contributed by atoms with Crippen LogP contribution in [0.5, 0.6) is 0 Å². The first-order valence-corrected chi connectivity index (χ1v) is 4.16. The fourth-order valence-electron chi connectivity index (χ4n) is 1.95. The molecule has 2 fully saturated rings. The lowest BCUT2D eigenvalue weighted by atomic mass is 9.77. The van der Waals surface area contributed by atoms with Gasteiger partial charge in [-0.05, 0) is 32.7 Å². The highest BCUT2D eigenvalue weighted by Crippen LogP contribution is 2.42. The molecule has 1 saturated heterocycles. The van der Waals surface area contributed by atoms with Gasteiger partial charge in [-0.25, -0.2) is 0 Å². The van der Waals surface area contributed by atoms with Gasteiger partial charge in [-0.1, -0.05) is 0 Å². The number of hydrogen-bond acceptors (Lipinski definition) is 2. The molecule has 1 saturated carbocycles. The molecule has 1 N–H and O–H groups in total. The third kappa shape index (κ3) is 1.53. The maximum Gasteiger partial charge on any atom is 0.0699 e. The highest BCUT2D eigenvalue weighted by Gasteiger charge is 2.44. The molecular weight excluding hydrogens is 162 g/mol. The Bertz CT molecular complexity index is 136. The summed E-state index contributed by atoms with van der Waals surface area (Å²) in [4.78, 5) is 0. The summed E-state index contributed by atoms with van der Waals surface area (Å²) >= 11 is 0. The molecule has 1 heterocycles. The van der Waals surface area contributed by atoms with Gasteiger partial charge in [0.25, 0.3) is 0 Å². The van der Waals surface area contributed by atoms with Gasteiger partial charge in [-0.2, -0.15) is 0 Å². The second-order valence-corrected chi connectivity index (χ2v) is 3.54. The van der Waals surface area contributed by atoms with Crippen molar-refractivity contribution < 1.29 is 4.74 Å². The van der Waals surface area contributed by atoms with Crippen molar-refractivity contribution in [1.29, 1.82) is 0 Å². The van der Waals surface area contributed by atoms with Gasteiger partial charge in [0, 0.05) is 6.04 Å². The second kappa shape index (κ2) is 3.30. The topological polar surface area (TPSA) is 21.3 Å². The first-order chi connectivity index (χ1) is 4.85. The van der Waals surface area contributed by atoms with Crippen molar-refractivity contribution in [2.24, 2.45) is 0 Å². The van der Waals surface area contributed by atoms with Crippen LogP contribution in [0.15, 0.2) is 0 Å². The summed E-state index contributed by atoms with van der Waals surface area (Å²) < 4.78 is 5.72. The van der Waals surface area contributed by atoms with Gasteiger partial charge in [0.1, 0.15) is 0 Å². The minimum atomic E-state index is 0. The number of halogens is 1. The molecule has 3 heteroatoms. The summed E-state index contributed by atoms with van der Waals surface area (Å²) in [6.07, 6.45) is 5.20. The molecule has 0 aromatic carbocycles. The Morgan fingerprint density at radius 3 is 2.45 bits per heavy atom. The third-order valence-corrected chi connectivity index (χ3v) is 2.88. The van der Waals surface area contributed by atoms with Crippen LogP contribution >= 0.6 is 12.4 Å². The van der Waals surface area contributed by atoms with Gasteiger partial charge in [0.2, 0.25) is 0 Å². The number of nitrogens with one attached hydrogen (secondary N) is 1. The van der Waals surface area contributed by atoms with Crippen LogP contribution in [0, 0.1) is 0 Å². The van der Waals surface area contributed by atoms with Crippen LogP contribution in [0.2, 0.25) is 0 Å². The molecule has 2 rings (SSSR count). The lowest BCUT2D eigenvalue weighted by Crippen LogP contribution is -2.37. The van der Waals surface area contributed by atoms with Gasteiger partial charge in [-0.15, -0.1) is 12.4 Å². The van der Waals surface area contributed by atoms with E-state index < -0.39 is 0 Å². The monoisotopic (exact) mass is 177 g/mol. The van der Waals surface area contributed by atoms with Crippen molar-refractivity contribution in [2.45, 2.75) is 37.3 Å². The summed E-state index contributed by atoms with van der Waals surface area (Å²) in [6.45, 7) is 0.927. The molecule has 66 valence electrons. The Balaban J connectivity index is 0.000000605. The van der Waals surface area contributed by atoms with Gasteiger partial charge in [0.05, 0.1) is 12.2 Å². The molecule has 2 aliphatic rings. The Morgan fingerprint density at radius 2 is 2.18 bits per heavy atom. The summed E-state index contributed by atoms with van der Waals surface area (Å²) in [7, 11) is 2.02. The summed E-state index contributed by atoms with van der Waals surface area (Å²) in [6, 6.07) is 0.625. The second-order valence-electron chi connectivity index (χ2n) is 3.54. The van der Waals surface area contributed by atoms with Crippen LogP contribution in [0.4, 0.5) is 0 Å². The lowest BCUT2D eigenvalue weighted by Gasteiger charge is -2.37. The Morgan fingerprint density at radius 1 is 1.45 bits per heavy atom. The predicted molar refractivity (Wildman–Crippen MR) is 47.2 cm³/mol. The van der Waals surface area contributed by atoms with Crippen LogP contribution in [0.3, 0.4) is 0 Å². The predicted octanol–water partition coefficient (Wildman–Crippen LogP) is 1.34. The van der Waals surface area contributed by atoms with E-state index in [9.17, 15) is 0 Å². The summed E-state index contributed by atoms with van der Waals surface area (Å²) in [5.74, 6) is 0. The normalized spacial score (nSPS) is 33.0. The van der Waals surface area contributed by atoms with Crippen molar-refractivity contribution in [3.8, 4) is 0 Å². The van der Waals surface area contributed by atoms with E-state index in [-0.39, 0.29) is 12.4 Å². The highest BCUT2D eigenvalue weighted by atomic mass is 35.5. The van der Waals surface area contributed by atoms with Gasteiger partial charge in [-0.3, -0.25) is 0 Å². The Kier molecular flexibility index (Phi) is 2.79. The average molecular weight is 178 g/mol. The van der Waals surface area contributed by atoms with Crippen molar-refractivity contribution in [3.63, 3.8) is 0 Å². The molecule has 11 heavy (non-hydrogen) atoms. The zero-order valence-electron chi connectivity index (χ0n) is 6.93. The fraction of sp³-hybridized carbons (Fsp3) is 1.00. The molecule has 0 radical (unpaired) electrons.